The number of alkyl halides is 3. The van der Waals surface area contributed by atoms with Crippen LogP contribution >= 0.6 is 0 Å². The first-order valence-electron chi connectivity index (χ1n) is 7.19. The molecule has 1 fully saturated rings. The van der Waals surface area contributed by atoms with Crippen LogP contribution in [0.2, 0.25) is 0 Å². The Kier molecular flexibility index (Phi) is 4.97. The Bertz CT molecular complexity index is 651. The molecule has 1 aromatic rings. The zero-order chi connectivity index (χ0) is 18.1. The molecule has 1 aromatic carbocycles. The van der Waals surface area contributed by atoms with Crippen LogP contribution in [-0.4, -0.2) is 40.2 Å². The maximum Gasteiger partial charge on any atom is 0.423 e. The van der Waals surface area contributed by atoms with Crippen molar-refractivity contribution >= 4 is 17.4 Å². The summed E-state index contributed by atoms with van der Waals surface area (Å²) in [5.41, 5.74) is -2.71. The number of aliphatic hydroxyl groups is 1. The lowest BCUT2D eigenvalue weighted by molar-refractivity contribution is -0.388. The molecule has 0 aromatic heterocycles. The number of anilines is 1. The molecule has 0 saturated carbocycles. The Hall–Kier alpha value is -2.36. The Morgan fingerprint density at radius 1 is 1.50 bits per heavy atom. The lowest BCUT2D eigenvalue weighted by Gasteiger charge is -2.25. The molecule has 7 nitrogen and oxygen atoms in total. The van der Waals surface area contributed by atoms with Gasteiger partial charge in [0.25, 0.3) is 5.69 Å². The summed E-state index contributed by atoms with van der Waals surface area (Å²) in [5, 5.41) is 22.3. The zero-order valence-electron chi connectivity index (χ0n) is 12.7. The van der Waals surface area contributed by atoms with E-state index in [1.165, 1.54) is 4.90 Å². The number of nitro groups is 1. The summed E-state index contributed by atoms with van der Waals surface area (Å²) in [5.74, 6) is 0.0725. The third-order valence-electron chi connectivity index (χ3n) is 4.08. The monoisotopic (exact) mass is 347 g/mol. The van der Waals surface area contributed by atoms with Crippen molar-refractivity contribution in [3.8, 4) is 0 Å². The average molecular weight is 347 g/mol. The first-order valence-corrected chi connectivity index (χ1v) is 7.19. The molecule has 0 unspecified atom stereocenters. The number of nitrogens with zero attached hydrogens (tertiary/aromatic N) is 2. The fraction of sp³-hybridized carbons (Fsp3) is 0.500. The average Bonchev–Trinajstić information content (AvgIpc) is 2.87. The van der Waals surface area contributed by atoms with E-state index < -0.39 is 34.4 Å². The minimum absolute atomic E-state index is 0.0725. The van der Waals surface area contributed by atoms with Crippen LogP contribution in [-0.2, 0) is 6.18 Å². The van der Waals surface area contributed by atoms with E-state index in [0.29, 0.717) is 25.1 Å². The van der Waals surface area contributed by atoms with Gasteiger partial charge < -0.3 is 15.3 Å². The molecular weight excluding hydrogens is 331 g/mol. The minimum atomic E-state index is -4.92. The topological polar surface area (TPSA) is 95.7 Å². The highest BCUT2D eigenvalue weighted by atomic mass is 19.4. The molecule has 2 atom stereocenters. The van der Waals surface area contributed by atoms with Gasteiger partial charge in [0, 0.05) is 18.3 Å². The number of hydrogen-bond acceptors (Lipinski definition) is 4. The maximum atomic E-state index is 12.9. The number of aliphatic hydroxyl groups excluding tert-OH is 1. The summed E-state index contributed by atoms with van der Waals surface area (Å²) in [6.45, 7) is 1.99. The normalized spacial score (nSPS) is 21.0. The van der Waals surface area contributed by atoms with Gasteiger partial charge in [0.1, 0.15) is 5.56 Å². The lowest BCUT2D eigenvalue weighted by atomic mass is 10.0. The summed E-state index contributed by atoms with van der Waals surface area (Å²) in [7, 11) is 0. The molecular formula is C14H16F3N3O4. The number of halogens is 3. The summed E-state index contributed by atoms with van der Waals surface area (Å²) >= 11 is 0. The molecule has 2 amide bonds. The Balaban J connectivity index is 2.24. The largest absolute Gasteiger partial charge is 0.423 e. The predicted molar refractivity (Wildman–Crippen MR) is 78.5 cm³/mol. The Labute approximate surface area is 135 Å². The molecule has 0 spiro atoms. The Morgan fingerprint density at radius 2 is 2.17 bits per heavy atom. The molecule has 10 heteroatoms. The fourth-order valence-corrected chi connectivity index (χ4v) is 2.73. The van der Waals surface area contributed by atoms with Crippen LogP contribution in [0.4, 0.5) is 29.3 Å². The van der Waals surface area contributed by atoms with Crippen molar-refractivity contribution in [3.05, 3.63) is 33.9 Å². The second kappa shape index (κ2) is 6.63. The van der Waals surface area contributed by atoms with E-state index in [1.807, 2.05) is 6.92 Å². The maximum absolute atomic E-state index is 12.9. The van der Waals surface area contributed by atoms with Crippen LogP contribution in [0.25, 0.3) is 0 Å². The summed E-state index contributed by atoms with van der Waals surface area (Å²) in [6.07, 6.45) is -4.24. The first kappa shape index (κ1) is 18.0. The van der Waals surface area contributed by atoms with Gasteiger partial charge in [-0.1, -0.05) is 6.92 Å². The quantitative estimate of drug-likeness (QED) is 0.649. The third kappa shape index (κ3) is 3.58. The van der Waals surface area contributed by atoms with Crippen molar-refractivity contribution in [3.63, 3.8) is 0 Å². The van der Waals surface area contributed by atoms with Gasteiger partial charge in [0.05, 0.1) is 17.6 Å². The van der Waals surface area contributed by atoms with Gasteiger partial charge in [-0.15, -0.1) is 0 Å². The molecule has 0 bridgehead atoms. The molecule has 1 heterocycles. The van der Waals surface area contributed by atoms with Gasteiger partial charge in [-0.25, -0.2) is 4.79 Å². The van der Waals surface area contributed by atoms with Gasteiger partial charge in [0.15, 0.2) is 0 Å². The number of rotatable bonds is 3. The van der Waals surface area contributed by atoms with E-state index in [0.717, 1.165) is 6.07 Å². The number of hydrogen-bond donors (Lipinski definition) is 2. The van der Waals surface area contributed by atoms with E-state index in [1.54, 1.807) is 0 Å². The van der Waals surface area contributed by atoms with Gasteiger partial charge in [0.2, 0.25) is 0 Å². The second-order valence-electron chi connectivity index (χ2n) is 5.63. The SMILES string of the molecule is C[C@@H]1CCN(C(=O)Nc2ccc([N+](=O)[O-])c(C(F)(F)F)c2)[C@@H]1CO. The summed E-state index contributed by atoms with van der Waals surface area (Å²) < 4.78 is 38.8. The third-order valence-corrected chi connectivity index (χ3v) is 4.08. The lowest BCUT2D eigenvalue weighted by Crippen LogP contribution is -2.42. The number of urea groups is 1. The van der Waals surface area contributed by atoms with Crippen molar-refractivity contribution in [2.45, 2.75) is 25.6 Å². The summed E-state index contributed by atoms with van der Waals surface area (Å²) in [6, 6.07) is 1.21. The molecule has 132 valence electrons. The molecule has 2 rings (SSSR count). The highest BCUT2D eigenvalue weighted by Gasteiger charge is 2.39. The molecule has 1 saturated heterocycles. The second-order valence-corrected chi connectivity index (χ2v) is 5.63. The van der Waals surface area contributed by atoms with Crippen LogP contribution in [0.1, 0.15) is 18.9 Å². The first-order chi connectivity index (χ1) is 11.1. The van der Waals surface area contributed by atoms with E-state index in [4.69, 9.17) is 0 Å². The highest BCUT2D eigenvalue weighted by molar-refractivity contribution is 5.90. The minimum Gasteiger partial charge on any atom is -0.394 e. The van der Waals surface area contributed by atoms with Crippen molar-refractivity contribution in [1.29, 1.82) is 0 Å². The molecule has 2 N–H and O–H groups in total. The molecule has 1 aliphatic heterocycles. The van der Waals surface area contributed by atoms with E-state index in [9.17, 15) is 33.2 Å². The fourth-order valence-electron chi connectivity index (χ4n) is 2.73. The van der Waals surface area contributed by atoms with Crippen molar-refractivity contribution < 1.29 is 28.0 Å². The van der Waals surface area contributed by atoms with Crippen LogP contribution < -0.4 is 5.32 Å². The number of nitro benzene ring substituents is 1. The van der Waals surface area contributed by atoms with Crippen LogP contribution in [0.3, 0.4) is 0 Å². The molecule has 0 aliphatic carbocycles. The number of amides is 2. The number of carbonyl (C=O) groups is 1. The van der Waals surface area contributed by atoms with Gasteiger partial charge in [-0.2, -0.15) is 13.2 Å². The summed E-state index contributed by atoms with van der Waals surface area (Å²) in [4.78, 5) is 23.1. The van der Waals surface area contributed by atoms with E-state index >= 15 is 0 Å². The predicted octanol–water partition coefficient (Wildman–Crippen LogP) is 2.85. The van der Waals surface area contributed by atoms with Gasteiger partial charge >= 0.3 is 12.2 Å². The smallest absolute Gasteiger partial charge is 0.394 e. The van der Waals surface area contributed by atoms with Crippen LogP contribution in [0.15, 0.2) is 18.2 Å². The van der Waals surface area contributed by atoms with Crippen molar-refractivity contribution in [1.82, 2.24) is 4.90 Å². The van der Waals surface area contributed by atoms with E-state index in [2.05, 4.69) is 5.32 Å². The Morgan fingerprint density at radius 3 is 2.71 bits per heavy atom. The van der Waals surface area contributed by atoms with E-state index in [-0.39, 0.29) is 18.2 Å². The van der Waals surface area contributed by atoms with Crippen LogP contribution in [0.5, 0.6) is 0 Å². The zero-order valence-corrected chi connectivity index (χ0v) is 12.7. The van der Waals surface area contributed by atoms with Crippen molar-refractivity contribution in [2.24, 2.45) is 5.92 Å². The molecule has 1 aliphatic rings. The standard InChI is InChI=1S/C14H16F3N3O4/c1-8-4-5-19(12(8)7-21)13(22)18-9-2-3-11(20(23)24)10(6-9)14(15,16)17/h2-3,6,8,12,21H,4-5,7H2,1H3,(H,18,22)/t8-,12-/m1/s1. The number of nitrogens with one attached hydrogen (secondary N) is 1. The number of likely N-dealkylation sites (tertiary alicyclic amines) is 1. The van der Waals surface area contributed by atoms with Crippen LogP contribution in [0, 0.1) is 16.0 Å². The molecule has 0 radical (unpaired) electrons. The van der Waals surface area contributed by atoms with Gasteiger partial charge in [-0.3, -0.25) is 10.1 Å². The number of benzene rings is 1. The molecule has 24 heavy (non-hydrogen) atoms. The number of carbonyl (C=O) groups excluding carboxylic acids is 1. The van der Waals surface area contributed by atoms with Crippen molar-refractivity contribution in [2.75, 3.05) is 18.5 Å². The van der Waals surface area contributed by atoms with Gasteiger partial charge in [-0.05, 0) is 24.5 Å². The highest BCUT2D eigenvalue weighted by Crippen LogP contribution is 2.37.